The molecule has 0 spiro atoms. The molecule has 6 heteroatoms. The molecule has 0 bridgehead atoms. The van der Waals surface area contributed by atoms with Crippen molar-refractivity contribution in [2.75, 3.05) is 19.6 Å². The zero-order valence-electron chi connectivity index (χ0n) is 10.8. The summed E-state index contributed by atoms with van der Waals surface area (Å²) in [6.07, 6.45) is 1.37. The Labute approximate surface area is 99.6 Å². The van der Waals surface area contributed by atoms with Crippen LogP contribution in [0.2, 0.25) is 0 Å². The van der Waals surface area contributed by atoms with Crippen LogP contribution in [0.15, 0.2) is 0 Å². The van der Waals surface area contributed by atoms with Gasteiger partial charge in [-0.2, -0.15) is 17.4 Å². The minimum Gasteiger partial charge on any atom is -0.330 e. The topological polar surface area (TPSA) is 75.4 Å². The normalized spacial score (nSPS) is 16.4. The molecule has 3 N–H and O–H groups in total. The van der Waals surface area contributed by atoms with Crippen LogP contribution in [0.25, 0.3) is 0 Å². The highest BCUT2D eigenvalue weighted by Crippen LogP contribution is 2.16. The van der Waals surface area contributed by atoms with E-state index >= 15 is 0 Å². The molecule has 1 unspecified atom stereocenters. The standard InChI is InChI=1S/C10H25N3O2S/c1-5-10(4,8-9-11)12-16(14,15)13(6-2)7-3/h12H,5-9,11H2,1-4H3. The molecule has 0 aromatic carbocycles. The molecule has 0 aromatic heterocycles. The second kappa shape index (κ2) is 6.54. The second-order valence-corrected chi connectivity index (χ2v) is 5.81. The minimum absolute atomic E-state index is 0.448. The van der Waals surface area contributed by atoms with E-state index in [9.17, 15) is 8.42 Å². The predicted molar refractivity (Wildman–Crippen MR) is 67.3 cm³/mol. The van der Waals surface area contributed by atoms with Crippen molar-refractivity contribution in [3.05, 3.63) is 0 Å². The molecule has 0 fully saturated rings. The van der Waals surface area contributed by atoms with Gasteiger partial charge in [-0.15, -0.1) is 0 Å². The zero-order chi connectivity index (χ0) is 12.8. The minimum atomic E-state index is -3.39. The Morgan fingerprint density at radius 1 is 1.25 bits per heavy atom. The molecule has 0 rings (SSSR count). The van der Waals surface area contributed by atoms with Crippen LogP contribution in [-0.2, 0) is 10.2 Å². The molecule has 0 aromatic rings. The van der Waals surface area contributed by atoms with Crippen LogP contribution in [0, 0.1) is 0 Å². The number of hydrogen-bond donors (Lipinski definition) is 2. The fourth-order valence-electron chi connectivity index (χ4n) is 1.56. The van der Waals surface area contributed by atoms with Gasteiger partial charge in [-0.1, -0.05) is 20.8 Å². The lowest BCUT2D eigenvalue weighted by Crippen LogP contribution is -2.52. The van der Waals surface area contributed by atoms with Crippen molar-refractivity contribution in [2.24, 2.45) is 5.73 Å². The summed E-state index contributed by atoms with van der Waals surface area (Å²) in [6.45, 7) is 8.94. The van der Waals surface area contributed by atoms with Crippen molar-refractivity contribution in [2.45, 2.75) is 46.1 Å². The highest BCUT2D eigenvalue weighted by Gasteiger charge is 2.29. The Morgan fingerprint density at radius 2 is 1.75 bits per heavy atom. The van der Waals surface area contributed by atoms with E-state index in [2.05, 4.69) is 4.72 Å². The fourth-order valence-corrected chi connectivity index (χ4v) is 3.24. The number of nitrogens with zero attached hydrogens (tertiary/aromatic N) is 1. The maximum absolute atomic E-state index is 12.0. The highest BCUT2D eigenvalue weighted by atomic mass is 32.2. The molecule has 5 nitrogen and oxygen atoms in total. The predicted octanol–water partition coefficient (Wildman–Crippen LogP) is 0.680. The third-order valence-electron chi connectivity index (χ3n) is 2.90. The summed E-state index contributed by atoms with van der Waals surface area (Å²) >= 11 is 0. The maximum atomic E-state index is 12.0. The van der Waals surface area contributed by atoms with Gasteiger partial charge >= 0.3 is 0 Å². The van der Waals surface area contributed by atoms with Gasteiger partial charge < -0.3 is 5.73 Å². The molecule has 0 saturated heterocycles. The lowest BCUT2D eigenvalue weighted by atomic mass is 9.96. The molecule has 98 valence electrons. The van der Waals surface area contributed by atoms with Crippen molar-refractivity contribution in [1.82, 2.24) is 9.03 Å². The SMILES string of the molecule is CCN(CC)S(=O)(=O)NC(C)(CC)CCN. The zero-order valence-corrected chi connectivity index (χ0v) is 11.6. The van der Waals surface area contributed by atoms with Crippen LogP contribution < -0.4 is 10.5 Å². The van der Waals surface area contributed by atoms with E-state index in [-0.39, 0.29) is 0 Å². The first-order chi connectivity index (χ1) is 7.35. The molecular formula is C10H25N3O2S. The van der Waals surface area contributed by atoms with Gasteiger partial charge in [0.25, 0.3) is 10.2 Å². The maximum Gasteiger partial charge on any atom is 0.279 e. The summed E-state index contributed by atoms with van der Waals surface area (Å²) in [6, 6.07) is 0. The highest BCUT2D eigenvalue weighted by molar-refractivity contribution is 7.87. The quantitative estimate of drug-likeness (QED) is 0.666. The van der Waals surface area contributed by atoms with Gasteiger partial charge in [0.1, 0.15) is 0 Å². The first-order valence-corrected chi connectivity index (χ1v) is 7.28. The van der Waals surface area contributed by atoms with Crippen LogP contribution in [0.5, 0.6) is 0 Å². The molecule has 16 heavy (non-hydrogen) atoms. The number of nitrogens with one attached hydrogen (secondary N) is 1. The number of nitrogens with two attached hydrogens (primary N) is 1. The van der Waals surface area contributed by atoms with E-state index in [1.54, 1.807) is 0 Å². The number of rotatable bonds is 8. The summed E-state index contributed by atoms with van der Waals surface area (Å²) in [5.74, 6) is 0. The summed E-state index contributed by atoms with van der Waals surface area (Å²) < 4.78 is 28.2. The molecule has 0 saturated carbocycles. The van der Waals surface area contributed by atoms with E-state index < -0.39 is 15.7 Å². The smallest absolute Gasteiger partial charge is 0.279 e. The summed E-state index contributed by atoms with van der Waals surface area (Å²) in [4.78, 5) is 0. The fraction of sp³-hybridized carbons (Fsp3) is 1.00. The Hall–Kier alpha value is -0.170. The average Bonchev–Trinajstić information content (AvgIpc) is 2.18. The molecule has 0 amide bonds. The lowest BCUT2D eigenvalue weighted by Gasteiger charge is -2.31. The molecule has 0 heterocycles. The van der Waals surface area contributed by atoms with Crippen molar-refractivity contribution < 1.29 is 8.42 Å². The van der Waals surface area contributed by atoms with Crippen molar-refractivity contribution in [1.29, 1.82) is 0 Å². The monoisotopic (exact) mass is 251 g/mol. The number of hydrogen-bond acceptors (Lipinski definition) is 3. The third kappa shape index (κ3) is 4.37. The van der Waals surface area contributed by atoms with E-state index in [1.807, 2.05) is 27.7 Å². The lowest BCUT2D eigenvalue weighted by molar-refractivity contribution is 0.353. The van der Waals surface area contributed by atoms with E-state index in [4.69, 9.17) is 5.73 Å². The Kier molecular flexibility index (Phi) is 6.47. The van der Waals surface area contributed by atoms with Gasteiger partial charge in [0, 0.05) is 18.6 Å². The summed E-state index contributed by atoms with van der Waals surface area (Å²) in [5, 5.41) is 0. The largest absolute Gasteiger partial charge is 0.330 e. The Bertz CT molecular complexity index is 288. The summed E-state index contributed by atoms with van der Waals surface area (Å²) in [5.41, 5.74) is 5.05. The molecule has 0 aliphatic heterocycles. The first kappa shape index (κ1) is 15.8. The van der Waals surface area contributed by atoms with E-state index in [0.717, 1.165) is 6.42 Å². The molecule has 1 atom stereocenters. The Balaban J connectivity index is 4.79. The van der Waals surface area contributed by atoms with Gasteiger partial charge in [0.05, 0.1) is 0 Å². The average molecular weight is 251 g/mol. The van der Waals surface area contributed by atoms with Crippen molar-refractivity contribution in [3.8, 4) is 0 Å². The van der Waals surface area contributed by atoms with Crippen LogP contribution >= 0.6 is 0 Å². The second-order valence-electron chi connectivity index (χ2n) is 4.14. The first-order valence-electron chi connectivity index (χ1n) is 5.84. The van der Waals surface area contributed by atoms with Crippen LogP contribution in [-0.4, -0.2) is 37.9 Å². The van der Waals surface area contributed by atoms with Gasteiger partial charge in [0.2, 0.25) is 0 Å². The van der Waals surface area contributed by atoms with Gasteiger partial charge in [-0.25, -0.2) is 0 Å². The molecule has 0 aliphatic carbocycles. The van der Waals surface area contributed by atoms with Gasteiger partial charge in [0.15, 0.2) is 0 Å². The van der Waals surface area contributed by atoms with Crippen LogP contribution in [0.3, 0.4) is 0 Å². The van der Waals surface area contributed by atoms with Crippen LogP contribution in [0.4, 0.5) is 0 Å². The Morgan fingerprint density at radius 3 is 2.06 bits per heavy atom. The molecule has 0 aliphatic rings. The molecular weight excluding hydrogens is 226 g/mol. The van der Waals surface area contributed by atoms with Gasteiger partial charge in [-0.3, -0.25) is 0 Å². The van der Waals surface area contributed by atoms with Gasteiger partial charge in [-0.05, 0) is 26.3 Å². The van der Waals surface area contributed by atoms with Crippen molar-refractivity contribution in [3.63, 3.8) is 0 Å². The van der Waals surface area contributed by atoms with Crippen molar-refractivity contribution >= 4 is 10.2 Å². The summed E-state index contributed by atoms with van der Waals surface area (Å²) in [7, 11) is -3.39. The molecule has 0 radical (unpaired) electrons. The van der Waals surface area contributed by atoms with E-state index in [0.29, 0.717) is 26.1 Å². The van der Waals surface area contributed by atoms with E-state index in [1.165, 1.54) is 4.31 Å². The third-order valence-corrected chi connectivity index (χ3v) is 4.84. The van der Waals surface area contributed by atoms with Crippen LogP contribution in [0.1, 0.15) is 40.5 Å².